The average Bonchev–Trinajstić information content (AvgIpc) is 2.62. The Balaban J connectivity index is 1.77. The van der Waals surface area contributed by atoms with E-state index in [1.807, 2.05) is 49.9 Å². The first-order valence-corrected chi connectivity index (χ1v) is 9.97. The number of hydrogen-bond donors (Lipinski definition) is 2. The van der Waals surface area contributed by atoms with E-state index in [0.717, 1.165) is 44.7 Å². The van der Waals surface area contributed by atoms with Crippen LogP contribution in [-0.4, -0.2) is 47.9 Å². The number of aliphatic imine (C=N–C) groups is 1. The van der Waals surface area contributed by atoms with Crippen molar-refractivity contribution in [2.75, 3.05) is 25.5 Å². The number of halogens is 1. The molecule has 2 rings (SSSR count). The highest BCUT2D eigenvalue weighted by molar-refractivity contribution is 6.28. The van der Waals surface area contributed by atoms with Gasteiger partial charge >= 0.3 is 6.09 Å². The molecular weight excluding hydrogens is 364 g/mol. The first-order valence-electron chi connectivity index (χ1n) is 9.43. The van der Waals surface area contributed by atoms with Crippen molar-refractivity contribution in [1.29, 1.82) is 0 Å². The van der Waals surface area contributed by atoms with E-state index in [9.17, 15) is 4.79 Å². The number of nitrogens with one attached hydrogen (secondary N) is 1. The normalized spacial score (nSPS) is 18.4. The number of nitrogens with zero attached hydrogens (tertiary/aromatic N) is 2. The van der Waals surface area contributed by atoms with Gasteiger partial charge < -0.3 is 20.7 Å². The Bertz CT molecular complexity index is 640. The lowest BCUT2D eigenvalue weighted by molar-refractivity contribution is 0.0166. The minimum atomic E-state index is -0.451. The summed E-state index contributed by atoms with van der Waals surface area (Å²) >= 11 is 5.64. The van der Waals surface area contributed by atoms with Gasteiger partial charge in [0.25, 0.3) is 0 Å². The average molecular weight is 395 g/mol. The van der Waals surface area contributed by atoms with Gasteiger partial charge in [0.2, 0.25) is 0 Å². The molecule has 150 valence electrons. The fraction of sp³-hybridized carbons (Fsp3) is 0.600. The molecule has 0 aliphatic carbocycles. The Labute approximate surface area is 167 Å². The molecule has 0 radical (unpaired) electrons. The van der Waals surface area contributed by atoms with Crippen LogP contribution < -0.4 is 11.1 Å². The molecule has 1 fully saturated rings. The highest BCUT2D eigenvalue weighted by Gasteiger charge is 2.27. The van der Waals surface area contributed by atoms with Crippen LogP contribution >= 0.6 is 11.6 Å². The standard InChI is InChI=1S/C20H31ClN4O2/c1-20(2,3)27-19(26)25-10-4-5-16(14-25)13-23-12-15-6-8-17(9-7-15)24-18(22)11-21/h6-9,16,23H,4-5,10-14H2,1-3H3,(H2,22,24). The lowest BCUT2D eigenvalue weighted by Crippen LogP contribution is -2.44. The molecule has 1 aliphatic rings. The Morgan fingerprint density at radius 3 is 2.70 bits per heavy atom. The monoisotopic (exact) mass is 394 g/mol. The molecule has 1 atom stereocenters. The molecule has 0 saturated carbocycles. The summed E-state index contributed by atoms with van der Waals surface area (Å²) in [7, 11) is 0. The van der Waals surface area contributed by atoms with Crippen LogP contribution in [0.25, 0.3) is 0 Å². The van der Waals surface area contributed by atoms with Crippen LogP contribution in [0.2, 0.25) is 0 Å². The Kier molecular flexibility index (Phi) is 7.92. The molecule has 0 aromatic heterocycles. The Hall–Kier alpha value is -1.79. The molecule has 1 aliphatic heterocycles. The molecule has 3 N–H and O–H groups in total. The summed E-state index contributed by atoms with van der Waals surface area (Å²) in [5.74, 6) is 1.08. The third-order valence-corrected chi connectivity index (χ3v) is 4.55. The van der Waals surface area contributed by atoms with E-state index in [1.54, 1.807) is 0 Å². The maximum absolute atomic E-state index is 12.2. The number of carbonyl (C=O) groups is 1. The molecule has 0 spiro atoms. The third-order valence-electron chi connectivity index (χ3n) is 4.28. The SMILES string of the molecule is CC(C)(C)OC(=O)N1CCCC(CNCc2ccc(N=C(N)CCl)cc2)C1. The maximum Gasteiger partial charge on any atom is 0.410 e. The van der Waals surface area contributed by atoms with Gasteiger partial charge in [-0.15, -0.1) is 11.6 Å². The van der Waals surface area contributed by atoms with E-state index in [1.165, 1.54) is 5.56 Å². The summed E-state index contributed by atoms with van der Waals surface area (Å²) < 4.78 is 5.48. The molecule has 1 heterocycles. The van der Waals surface area contributed by atoms with E-state index in [-0.39, 0.29) is 12.0 Å². The molecule has 6 nitrogen and oxygen atoms in total. The van der Waals surface area contributed by atoms with Gasteiger partial charge in [-0.2, -0.15) is 0 Å². The van der Waals surface area contributed by atoms with Crippen molar-refractivity contribution in [2.45, 2.75) is 45.8 Å². The molecule has 1 amide bonds. The molecule has 1 aromatic carbocycles. The van der Waals surface area contributed by atoms with E-state index < -0.39 is 5.60 Å². The van der Waals surface area contributed by atoms with E-state index >= 15 is 0 Å². The molecular formula is C20H31ClN4O2. The van der Waals surface area contributed by atoms with Gasteiger partial charge in [-0.3, -0.25) is 0 Å². The fourth-order valence-electron chi connectivity index (χ4n) is 3.03. The van der Waals surface area contributed by atoms with Crippen LogP contribution in [-0.2, 0) is 11.3 Å². The second-order valence-corrected chi connectivity index (χ2v) is 8.24. The van der Waals surface area contributed by atoms with E-state index in [4.69, 9.17) is 22.1 Å². The number of ether oxygens (including phenoxy) is 1. The minimum absolute atomic E-state index is 0.209. The van der Waals surface area contributed by atoms with Crippen LogP contribution in [0.4, 0.5) is 10.5 Å². The molecule has 0 bridgehead atoms. The zero-order valence-corrected chi connectivity index (χ0v) is 17.3. The number of alkyl halides is 1. The highest BCUT2D eigenvalue weighted by atomic mass is 35.5. The van der Waals surface area contributed by atoms with Gasteiger partial charge in [0.15, 0.2) is 0 Å². The lowest BCUT2D eigenvalue weighted by atomic mass is 9.98. The van der Waals surface area contributed by atoms with Crippen molar-refractivity contribution in [3.63, 3.8) is 0 Å². The van der Waals surface area contributed by atoms with Crippen molar-refractivity contribution in [1.82, 2.24) is 10.2 Å². The van der Waals surface area contributed by atoms with Gasteiger partial charge in [0, 0.05) is 19.6 Å². The quantitative estimate of drug-likeness (QED) is 0.438. The first kappa shape index (κ1) is 21.5. The van der Waals surface area contributed by atoms with Gasteiger partial charge in [0.05, 0.1) is 11.6 Å². The summed E-state index contributed by atoms with van der Waals surface area (Å²) in [4.78, 5) is 18.3. The Morgan fingerprint density at radius 2 is 2.07 bits per heavy atom. The van der Waals surface area contributed by atoms with Crippen molar-refractivity contribution in [3.05, 3.63) is 29.8 Å². The zero-order valence-electron chi connectivity index (χ0n) is 16.5. The second kappa shape index (κ2) is 9.95. The van der Waals surface area contributed by atoms with Gasteiger partial charge in [0.1, 0.15) is 11.4 Å². The number of hydrogen-bond acceptors (Lipinski definition) is 4. The topological polar surface area (TPSA) is 80.0 Å². The van der Waals surface area contributed by atoms with Crippen molar-refractivity contribution in [3.8, 4) is 0 Å². The molecule has 7 heteroatoms. The first-order chi connectivity index (χ1) is 12.8. The second-order valence-electron chi connectivity index (χ2n) is 7.97. The summed E-state index contributed by atoms with van der Waals surface area (Å²) in [5, 5.41) is 3.49. The summed E-state index contributed by atoms with van der Waals surface area (Å²) in [5.41, 5.74) is 7.17. The predicted molar refractivity (Wildman–Crippen MR) is 111 cm³/mol. The van der Waals surface area contributed by atoms with Crippen LogP contribution in [0.5, 0.6) is 0 Å². The number of amides is 1. The van der Waals surface area contributed by atoms with Crippen LogP contribution in [0.3, 0.4) is 0 Å². The lowest BCUT2D eigenvalue weighted by Gasteiger charge is -2.34. The number of likely N-dealkylation sites (tertiary alicyclic amines) is 1. The van der Waals surface area contributed by atoms with Crippen LogP contribution in [0.1, 0.15) is 39.2 Å². The molecule has 1 unspecified atom stereocenters. The molecule has 1 saturated heterocycles. The number of piperidine rings is 1. The molecule has 27 heavy (non-hydrogen) atoms. The Morgan fingerprint density at radius 1 is 1.37 bits per heavy atom. The number of carbonyl (C=O) groups excluding carboxylic acids is 1. The highest BCUT2D eigenvalue weighted by Crippen LogP contribution is 2.19. The van der Waals surface area contributed by atoms with Crippen molar-refractivity contribution in [2.24, 2.45) is 16.6 Å². The smallest absolute Gasteiger partial charge is 0.410 e. The molecule has 1 aromatic rings. The van der Waals surface area contributed by atoms with Gasteiger partial charge in [-0.05, 0) is 63.8 Å². The maximum atomic E-state index is 12.2. The summed E-state index contributed by atoms with van der Waals surface area (Å²) in [6.45, 7) is 8.86. The zero-order chi connectivity index (χ0) is 19.9. The fourth-order valence-corrected chi connectivity index (χ4v) is 3.09. The van der Waals surface area contributed by atoms with E-state index in [0.29, 0.717) is 11.8 Å². The van der Waals surface area contributed by atoms with Gasteiger partial charge in [-0.25, -0.2) is 9.79 Å². The largest absolute Gasteiger partial charge is 0.444 e. The summed E-state index contributed by atoms with van der Waals surface area (Å²) in [6, 6.07) is 7.92. The third kappa shape index (κ3) is 7.77. The number of amidine groups is 1. The number of rotatable bonds is 6. The van der Waals surface area contributed by atoms with Crippen LogP contribution in [0.15, 0.2) is 29.3 Å². The number of benzene rings is 1. The predicted octanol–water partition coefficient (Wildman–Crippen LogP) is 3.65. The summed E-state index contributed by atoms with van der Waals surface area (Å²) in [6.07, 6.45) is 1.93. The van der Waals surface area contributed by atoms with E-state index in [2.05, 4.69) is 10.3 Å². The number of nitrogens with two attached hydrogens (primary N) is 1. The minimum Gasteiger partial charge on any atom is -0.444 e. The van der Waals surface area contributed by atoms with Crippen molar-refractivity contribution < 1.29 is 9.53 Å². The van der Waals surface area contributed by atoms with Crippen LogP contribution in [0, 0.1) is 5.92 Å². The van der Waals surface area contributed by atoms with Crippen molar-refractivity contribution >= 4 is 29.2 Å². The van der Waals surface area contributed by atoms with Gasteiger partial charge in [-0.1, -0.05) is 12.1 Å².